The normalized spacial score (nSPS) is 10.4. The minimum atomic E-state index is 0.207. The maximum atomic E-state index is 8.52. The second kappa shape index (κ2) is 7.50. The van der Waals surface area contributed by atoms with E-state index in [0.29, 0.717) is 6.54 Å². The Labute approximate surface area is 85.2 Å². The van der Waals surface area contributed by atoms with Crippen molar-refractivity contribution in [1.29, 1.82) is 0 Å². The third-order valence-electron chi connectivity index (χ3n) is 1.94. The van der Waals surface area contributed by atoms with Crippen LogP contribution in [0.1, 0.15) is 5.56 Å². The standard InChI is InChI=1S/C11H18N2O/c14-9-8-12-6-7-13-10-11-4-2-1-3-5-11/h1-5,12-14H,6-10H2. The van der Waals surface area contributed by atoms with Gasteiger partial charge in [0.25, 0.3) is 0 Å². The average Bonchev–Trinajstić information content (AvgIpc) is 2.25. The number of rotatable bonds is 7. The van der Waals surface area contributed by atoms with Crippen molar-refractivity contribution in [1.82, 2.24) is 10.6 Å². The molecule has 0 aliphatic carbocycles. The maximum Gasteiger partial charge on any atom is 0.0555 e. The van der Waals surface area contributed by atoms with E-state index in [4.69, 9.17) is 5.11 Å². The highest BCUT2D eigenvalue weighted by molar-refractivity contribution is 5.14. The molecule has 3 heteroatoms. The summed E-state index contributed by atoms with van der Waals surface area (Å²) >= 11 is 0. The van der Waals surface area contributed by atoms with Crippen LogP contribution in [0.25, 0.3) is 0 Å². The molecule has 1 aromatic carbocycles. The summed E-state index contributed by atoms with van der Waals surface area (Å²) in [5, 5.41) is 14.9. The van der Waals surface area contributed by atoms with Crippen molar-refractivity contribution in [2.45, 2.75) is 6.54 Å². The summed E-state index contributed by atoms with van der Waals surface area (Å²) in [6.45, 7) is 3.61. The quantitative estimate of drug-likeness (QED) is 0.549. The van der Waals surface area contributed by atoms with Crippen LogP contribution in [0.5, 0.6) is 0 Å². The fraction of sp³-hybridized carbons (Fsp3) is 0.455. The van der Waals surface area contributed by atoms with Crippen molar-refractivity contribution >= 4 is 0 Å². The number of nitrogens with one attached hydrogen (secondary N) is 2. The molecule has 78 valence electrons. The Morgan fingerprint density at radius 2 is 1.64 bits per heavy atom. The van der Waals surface area contributed by atoms with Crippen LogP contribution in [0.4, 0.5) is 0 Å². The molecular weight excluding hydrogens is 176 g/mol. The van der Waals surface area contributed by atoms with E-state index in [1.54, 1.807) is 0 Å². The Balaban J connectivity index is 1.99. The Morgan fingerprint density at radius 1 is 0.929 bits per heavy atom. The second-order valence-corrected chi connectivity index (χ2v) is 3.14. The van der Waals surface area contributed by atoms with Crippen molar-refractivity contribution in [3.05, 3.63) is 35.9 Å². The molecule has 0 atom stereocenters. The first-order valence-electron chi connectivity index (χ1n) is 4.99. The number of benzene rings is 1. The molecule has 0 aliphatic heterocycles. The summed E-state index contributed by atoms with van der Waals surface area (Å²) in [4.78, 5) is 0. The van der Waals surface area contributed by atoms with Crippen molar-refractivity contribution in [3.63, 3.8) is 0 Å². The fourth-order valence-electron chi connectivity index (χ4n) is 1.21. The first kappa shape index (κ1) is 11.2. The monoisotopic (exact) mass is 194 g/mol. The zero-order valence-corrected chi connectivity index (χ0v) is 8.37. The Kier molecular flexibility index (Phi) is 5.99. The third kappa shape index (κ3) is 4.97. The van der Waals surface area contributed by atoms with Crippen LogP contribution >= 0.6 is 0 Å². The first-order chi connectivity index (χ1) is 6.93. The molecule has 14 heavy (non-hydrogen) atoms. The lowest BCUT2D eigenvalue weighted by Gasteiger charge is -2.05. The van der Waals surface area contributed by atoms with E-state index in [9.17, 15) is 0 Å². The number of aliphatic hydroxyl groups excluding tert-OH is 1. The molecule has 0 bridgehead atoms. The van der Waals surface area contributed by atoms with Gasteiger partial charge >= 0.3 is 0 Å². The summed E-state index contributed by atoms with van der Waals surface area (Å²) in [7, 11) is 0. The lowest BCUT2D eigenvalue weighted by atomic mass is 10.2. The lowest BCUT2D eigenvalue weighted by molar-refractivity contribution is 0.292. The lowest BCUT2D eigenvalue weighted by Crippen LogP contribution is -2.28. The molecular formula is C11H18N2O. The topological polar surface area (TPSA) is 44.3 Å². The van der Waals surface area contributed by atoms with Gasteiger partial charge < -0.3 is 15.7 Å². The number of hydrogen-bond donors (Lipinski definition) is 3. The summed E-state index contributed by atoms with van der Waals surface area (Å²) in [6.07, 6.45) is 0. The van der Waals surface area contributed by atoms with Gasteiger partial charge in [-0.1, -0.05) is 30.3 Å². The van der Waals surface area contributed by atoms with E-state index in [0.717, 1.165) is 19.6 Å². The van der Waals surface area contributed by atoms with Crippen LogP contribution in [0.3, 0.4) is 0 Å². The summed E-state index contributed by atoms with van der Waals surface area (Å²) in [5.41, 5.74) is 1.30. The van der Waals surface area contributed by atoms with Gasteiger partial charge in [-0.15, -0.1) is 0 Å². The summed E-state index contributed by atoms with van der Waals surface area (Å²) < 4.78 is 0. The smallest absolute Gasteiger partial charge is 0.0555 e. The van der Waals surface area contributed by atoms with Gasteiger partial charge in [-0.05, 0) is 5.56 Å². The van der Waals surface area contributed by atoms with Crippen LogP contribution in [-0.2, 0) is 6.54 Å². The molecule has 0 radical (unpaired) electrons. The second-order valence-electron chi connectivity index (χ2n) is 3.14. The van der Waals surface area contributed by atoms with Gasteiger partial charge in [0.2, 0.25) is 0 Å². The van der Waals surface area contributed by atoms with E-state index < -0.39 is 0 Å². The minimum absolute atomic E-state index is 0.207. The summed E-state index contributed by atoms with van der Waals surface area (Å²) in [5.74, 6) is 0. The molecule has 0 aliphatic rings. The summed E-state index contributed by atoms with van der Waals surface area (Å²) in [6, 6.07) is 10.3. The van der Waals surface area contributed by atoms with Gasteiger partial charge in [0.15, 0.2) is 0 Å². The molecule has 1 rings (SSSR count). The highest BCUT2D eigenvalue weighted by Crippen LogP contribution is 1.96. The molecule has 3 nitrogen and oxygen atoms in total. The molecule has 0 heterocycles. The predicted molar refractivity (Wildman–Crippen MR) is 58.1 cm³/mol. The highest BCUT2D eigenvalue weighted by atomic mass is 16.3. The van der Waals surface area contributed by atoms with Gasteiger partial charge in [-0.3, -0.25) is 0 Å². The number of hydrogen-bond acceptors (Lipinski definition) is 3. The predicted octanol–water partition coefficient (Wildman–Crippen LogP) is 0.358. The first-order valence-corrected chi connectivity index (χ1v) is 4.99. The molecule has 0 amide bonds. The van der Waals surface area contributed by atoms with Gasteiger partial charge in [0.1, 0.15) is 0 Å². The molecule has 0 fully saturated rings. The maximum absolute atomic E-state index is 8.52. The largest absolute Gasteiger partial charge is 0.395 e. The number of aliphatic hydroxyl groups is 1. The molecule has 1 aromatic rings. The minimum Gasteiger partial charge on any atom is -0.395 e. The molecule has 0 spiro atoms. The Hall–Kier alpha value is -0.900. The Bertz CT molecular complexity index is 226. The SMILES string of the molecule is OCCNCCNCc1ccccc1. The van der Waals surface area contributed by atoms with E-state index in [-0.39, 0.29) is 6.61 Å². The van der Waals surface area contributed by atoms with Crippen molar-refractivity contribution < 1.29 is 5.11 Å². The van der Waals surface area contributed by atoms with Crippen LogP contribution in [0.15, 0.2) is 30.3 Å². The van der Waals surface area contributed by atoms with Crippen LogP contribution in [-0.4, -0.2) is 31.3 Å². The third-order valence-corrected chi connectivity index (χ3v) is 1.94. The van der Waals surface area contributed by atoms with E-state index in [1.807, 2.05) is 18.2 Å². The molecule has 0 aromatic heterocycles. The van der Waals surface area contributed by atoms with Gasteiger partial charge in [0.05, 0.1) is 6.61 Å². The van der Waals surface area contributed by atoms with E-state index in [1.165, 1.54) is 5.56 Å². The molecule has 3 N–H and O–H groups in total. The van der Waals surface area contributed by atoms with Crippen molar-refractivity contribution in [3.8, 4) is 0 Å². The molecule has 0 saturated heterocycles. The van der Waals surface area contributed by atoms with Crippen molar-refractivity contribution in [2.24, 2.45) is 0 Å². The van der Waals surface area contributed by atoms with Gasteiger partial charge in [0, 0.05) is 26.2 Å². The molecule has 0 saturated carbocycles. The Morgan fingerprint density at radius 3 is 2.36 bits per heavy atom. The zero-order valence-electron chi connectivity index (χ0n) is 8.37. The highest BCUT2D eigenvalue weighted by Gasteiger charge is 1.89. The van der Waals surface area contributed by atoms with E-state index in [2.05, 4.69) is 22.8 Å². The van der Waals surface area contributed by atoms with E-state index >= 15 is 0 Å². The molecule has 0 unspecified atom stereocenters. The van der Waals surface area contributed by atoms with Crippen LogP contribution in [0.2, 0.25) is 0 Å². The van der Waals surface area contributed by atoms with Crippen molar-refractivity contribution in [2.75, 3.05) is 26.2 Å². The van der Waals surface area contributed by atoms with Gasteiger partial charge in [-0.2, -0.15) is 0 Å². The zero-order chi connectivity index (χ0) is 10.1. The van der Waals surface area contributed by atoms with Gasteiger partial charge in [-0.25, -0.2) is 0 Å². The van der Waals surface area contributed by atoms with Crippen LogP contribution in [0, 0.1) is 0 Å². The van der Waals surface area contributed by atoms with Crippen LogP contribution < -0.4 is 10.6 Å². The average molecular weight is 194 g/mol. The fourth-order valence-corrected chi connectivity index (χ4v) is 1.21.